The number of aromatic nitrogens is 2. The Labute approximate surface area is 193 Å². The van der Waals surface area contributed by atoms with Crippen LogP contribution in [0.4, 0.5) is 0 Å². The maximum Gasteiger partial charge on any atom is 0.257 e. The summed E-state index contributed by atoms with van der Waals surface area (Å²) in [5.74, 6) is 8.72. The Balaban J connectivity index is 1.28. The minimum atomic E-state index is -0.275. The third-order valence-corrected chi connectivity index (χ3v) is 5.86. The largest absolute Gasteiger partial charge is 0.489 e. The standard InChI is InChI=1S/C27H26N2O4/c1-18-13-23(31-16-24-17-32-27-25(33-24)7-4-12-28-27)15-26(30)29(18)19(2)22-6-3-5-21(14-22)11-10-20-8-9-20/h3-7,12-15,19-20,24H,8-9,16-17H2,1-2H3. The molecular formula is C27H26N2O4. The van der Waals surface area contributed by atoms with Gasteiger partial charge in [-0.25, -0.2) is 4.98 Å². The fourth-order valence-electron chi connectivity index (χ4n) is 3.93. The molecule has 33 heavy (non-hydrogen) atoms. The van der Waals surface area contributed by atoms with Crippen LogP contribution in [0.1, 0.15) is 42.6 Å². The van der Waals surface area contributed by atoms with Crippen LogP contribution in [0.5, 0.6) is 17.4 Å². The number of hydrogen-bond acceptors (Lipinski definition) is 5. The van der Waals surface area contributed by atoms with Crippen molar-refractivity contribution < 1.29 is 14.2 Å². The van der Waals surface area contributed by atoms with Crippen molar-refractivity contribution >= 4 is 0 Å². The van der Waals surface area contributed by atoms with Crippen LogP contribution in [0.25, 0.3) is 0 Å². The fraction of sp³-hybridized carbons (Fsp3) is 0.333. The van der Waals surface area contributed by atoms with E-state index in [-0.39, 0.29) is 24.3 Å². The Bertz CT molecular complexity index is 1280. The highest BCUT2D eigenvalue weighted by molar-refractivity contribution is 5.39. The molecule has 168 valence electrons. The fourth-order valence-corrected chi connectivity index (χ4v) is 3.93. The second-order valence-corrected chi connectivity index (χ2v) is 8.55. The van der Waals surface area contributed by atoms with E-state index in [1.165, 1.54) is 18.9 Å². The van der Waals surface area contributed by atoms with Gasteiger partial charge in [-0.1, -0.05) is 24.0 Å². The molecule has 1 fully saturated rings. The molecule has 6 nitrogen and oxygen atoms in total. The molecule has 1 aromatic carbocycles. The van der Waals surface area contributed by atoms with Gasteiger partial charge in [0.05, 0.1) is 6.04 Å². The second kappa shape index (κ2) is 9.03. The predicted octanol–water partition coefficient (Wildman–Crippen LogP) is 4.14. The molecule has 0 radical (unpaired) electrons. The third-order valence-electron chi connectivity index (χ3n) is 5.86. The lowest BCUT2D eigenvalue weighted by Crippen LogP contribution is -2.35. The van der Waals surface area contributed by atoms with Crippen molar-refractivity contribution in [2.45, 2.75) is 38.8 Å². The smallest absolute Gasteiger partial charge is 0.257 e. The van der Waals surface area contributed by atoms with Crippen LogP contribution in [0.2, 0.25) is 0 Å². The summed E-state index contributed by atoms with van der Waals surface area (Å²) in [6, 6.07) is 15.0. The molecule has 3 heterocycles. The van der Waals surface area contributed by atoms with Gasteiger partial charge in [-0.2, -0.15) is 0 Å². The Kier molecular flexibility index (Phi) is 5.78. The van der Waals surface area contributed by atoms with E-state index in [0.29, 0.717) is 29.9 Å². The highest BCUT2D eigenvalue weighted by Crippen LogP contribution is 2.29. The van der Waals surface area contributed by atoms with Gasteiger partial charge in [0.25, 0.3) is 11.4 Å². The van der Waals surface area contributed by atoms with Crippen LogP contribution in [-0.2, 0) is 0 Å². The summed E-state index contributed by atoms with van der Waals surface area (Å²) in [5.41, 5.74) is 2.76. The van der Waals surface area contributed by atoms with Gasteiger partial charge in [0.15, 0.2) is 11.9 Å². The van der Waals surface area contributed by atoms with Crippen molar-refractivity contribution in [2.24, 2.45) is 5.92 Å². The number of ether oxygens (including phenoxy) is 3. The molecule has 2 atom stereocenters. The van der Waals surface area contributed by atoms with Crippen molar-refractivity contribution in [2.75, 3.05) is 13.2 Å². The summed E-state index contributed by atoms with van der Waals surface area (Å²) in [7, 11) is 0. The van der Waals surface area contributed by atoms with Crippen molar-refractivity contribution in [3.05, 3.63) is 81.9 Å². The zero-order valence-electron chi connectivity index (χ0n) is 18.8. The van der Waals surface area contributed by atoms with E-state index in [1.807, 2.05) is 44.2 Å². The molecule has 0 spiro atoms. The topological polar surface area (TPSA) is 62.6 Å². The van der Waals surface area contributed by atoms with Crippen LogP contribution < -0.4 is 19.8 Å². The number of fused-ring (bicyclic) bond motifs is 1. The minimum Gasteiger partial charge on any atom is -0.489 e. The summed E-state index contributed by atoms with van der Waals surface area (Å²) in [6.07, 6.45) is 3.80. The number of benzene rings is 1. The predicted molar refractivity (Wildman–Crippen MR) is 125 cm³/mol. The third kappa shape index (κ3) is 4.88. The maximum atomic E-state index is 13.0. The first-order valence-electron chi connectivity index (χ1n) is 11.3. The van der Waals surface area contributed by atoms with Crippen molar-refractivity contribution in [1.82, 2.24) is 9.55 Å². The van der Waals surface area contributed by atoms with E-state index in [1.54, 1.807) is 16.8 Å². The molecular weight excluding hydrogens is 416 g/mol. The zero-order chi connectivity index (χ0) is 22.8. The van der Waals surface area contributed by atoms with Gasteiger partial charge in [0, 0.05) is 29.4 Å². The van der Waals surface area contributed by atoms with Gasteiger partial charge in [0.1, 0.15) is 19.0 Å². The first-order valence-corrected chi connectivity index (χ1v) is 11.3. The molecule has 6 heteroatoms. The second-order valence-electron chi connectivity index (χ2n) is 8.55. The first-order chi connectivity index (χ1) is 16.1. The van der Waals surface area contributed by atoms with Crippen LogP contribution >= 0.6 is 0 Å². The molecule has 0 bridgehead atoms. The van der Waals surface area contributed by atoms with Gasteiger partial charge < -0.3 is 18.8 Å². The van der Waals surface area contributed by atoms with Crippen LogP contribution in [-0.4, -0.2) is 28.9 Å². The minimum absolute atomic E-state index is 0.109. The van der Waals surface area contributed by atoms with Crippen molar-refractivity contribution in [3.63, 3.8) is 0 Å². The van der Waals surface area contributed by atoms with Crippen LogP contribution in [0, 0.1) is 24.7 Å². The van der Waals surface area contributed by atoms with Crippen molar-refractivity contribution in [1.29, 1.82) is 0 Å². The number of hydrogen-bond donors (Lipinski definition) is 0. The van der Waals surface area contributed by atoms with Crippen molar-refractivity contribution in [3.8, 4) is 29.2 Å². The average molecular weight is 443 g/mol. The Morgan fingerprint density at radius 3 is 2.91 bits per heavy atom. The molecule has 0 saturated heterocycles. The van der Waals surface area contributed by atoms with Gasteiger partial charge in [-0.15, -0.1) is 0 Å². The summed E-state index contributed by atoms with van der Waals surface area (Å²) < 4.78 is 19.2. The number of aryl methyl sites for hydroxylation is 1. The Hall–Kier alpha value is -3.72. The lowest BCUT2D eigenvalue weighted by molar-refractivity contribution is 0.0500. The van der Waals surface area contributed by atoms with E-state index in [2.05, 4.69) is 22.9 Å². The molecule has 0 N–H and O–H groups in total. The van der Waals surface area contributed by atoms with E-state index >= 15 is 0 Å². The zero-order valence-corrected chi connectivity index (χ0v) is 18.8. The summed E-state index contributed by atoms with van der Waals surface area (Å²) in [5, 5.41) is 0. The summed E-state index contributed by atoms with van der Waals surface area (Å²) >= 11 is 0. The number of rotatable bonds is 5. The Morgan fingerprint density at radius 1 is 1.21 bits per heavy atom. The molecule has 0 amide bonds. The summed E-state index contributed by atoms with van der Waals surface area (Å²) in [4.78, 5) is 17.1. The molecule has 2 unspecified atom stereocenters. The van der Waals surface area contributed by atoms with E-state index in [9.17, 15) is 4.79 Å². The molecule has 2 aliphatic rings. The molecule has 3 aromatic rings. The Morgan fingerprint density at radius 2 is 2.09 bits per heavy atom. The highest BCUT2D eigenvalue weighted by atomic mass is 16.6. The normalized spacial score (nSPS) is 17.6. The lowest BCUT2D eigenvalue weighted by Gasteiger charge is -2.25. The molecule has 1 aliphatic heterocycles. The molecule has 2 aromatic heterocycles. The maximum absolute atomic E-state index is 13.0. The molecule has 1 saturated carbocycles. The summed E-state index contributed by atoms with van der Waals surface area (Å²) in [6.45, 7) is 4.57. The average Bonchev–Trinajstić information content (AvgIpc) is 3.66. The highest BCUT2D eigenvalue weighted by Gasteiger charge is 2.23. The van der Waals surface area contributed by atoms with Crippen LogP contribution in [0.3, 0.4) is 0 Å². The van der Waals surface area contributed by atoms with Gasteiger partial charge >= 0.3 is 0 Å². The molecule has 5 rings (SSSR count). The monoisotopic (exact) mass is 442 g/mol. The number of nitrogens with zero attached hydrogens (tertiary/aromatic N) is 2. The quantitative estimate of drug-likeness (QED) is 0.556. The first kappa shape index (κ1) is 21.1. The SMILES string of the molecule is Cc1cc(OCC2COc3ncccc3O2)cc(=O)n1C(C)c1cccc(C#CC2CC2)c1. The van der Waals surface area contributed by atoms with Crippen LogP contribution in [0.15, 0.2) is 59.5 Å². The van der Waals surface area contributed by atoms with Gasteiger partial charge in [-0.3, -0.25) is 4.79 Å². The lowest BCUT2D eigenvalue weighted by atomic mass is 10.0. The van der Waals surface area contributed by atoms with E-state index < -0.39 is 0 Å². The van der Waals surface area contributed by atoms with E-state index in [0.717, 1.165) is 16.8 Å². The number of pyridine rings is 2. The van der Waals surface area contributed by atoms with Gasteiger partial charge in [0.2, 0.25) is 0 Å². The van der Waals surface area contributed by atoms with E-state index in [4.69, 9.17) is 14.2 Å². The van der Waals surface area contributed by atoms with Gasteiger partial charge in [-0.05, 0) is 62.6 Å². The molecule has 1 aliphatic carbocycles.